The molecular formula is C31H62N2. The standard InChI is InChI=1S/C31H62N2/c1-4-7-10-12-14-15-16-17-18-19-20-21-22-24-26-31-32(27-9-6-3)29-30-33(31)28-25-23-13-11-8-5-2/h29-31H,4-28H2,1-3H3. The minimum absolute atomic E-state index is 0.643. The van der Waals surface area contributed by atoms with E-state index in [0.29, 0.717) is 6.17 Å². The molecule has 0 radical (unpaired) electrons. The van der Waals surface area contributed by atoms with Crippen molar-refractivity contribution in [2.75, 3.05) is 13.1 Å². The average Bonchev–Trinajstić information content (AvgIpc) is 3.21. The molecule has 1 aliphatic heterocycles. The molecule has 0 bridgehead atoms. The lowest BCUT2D eigenvalue weighted by Gasteiger charge is -2.33. The van der Waals surface area contributed by atoms with E-state index in [2.05, 4.69) is 43.0 Å². The van der Waals surface area contributed by atoms with Gasteiger partial charge in [-0.1, -0.05) is 143 Å². The second kappa shape index (κ2) is 23.1. The van der Waals surface area contributed by atoms with Gasteiger partial charge in [0.25, 0.3) is 0 Å². The van der Waals surface area contributed by atoms with E-state index in [1.165, 1.54) is 161 Å². The van der Waals surface area contributed by atoms with Crippen LogP contribution in [-0.4, -0.2) is 29.1 Å². The molecule has 0 N–H and O–H groups in total. The Bertz CT molecular complexity index is 419. The van der Waals surface area contributed by atoms with Crippen LogP contribution in [0.4, 0.5) is 0 Å². The topological polar surface area (TPSA) is 6.48 Å². The molecule has 0 amide bonds. The van der Waals surface area contributed by atoms with Crippen molar-refractivity contribution in [1.29, 1.82) is 0 Å². The van der Waals surface area contributed by atoms with Crippen molar-refractivity contribution in [2.45, 2.75) is 175 Å². The van der Waals surface area contributed by atoms with Crippen molar-refractivity contribution in [2.24, 2.45) is 0 Å². The van der Waals surface area contributed by atoms with E-state index in [0.717, 1.165) is 0 Å². The van der Waals surface area contributed by atoms with Crippen LogP contribution in [0, 0.1) is 0 Å². The summed E-state index contributed by atoms with van der Waals surface area (Å²) >= 11 is 0. The summed E-state index contributed by atoms with van der Waals surface area (Å²) in [4.78, 5) is 5.31. The summed E-state index contributed by atoms with van der Waals surface area (Å²) in [6.45, 7) is 9.43. The summed E-state index contributed by atoms with van der Waals surface area (Å²) in [5, 5.41) is 0. The van der Waals surface area contributed by atoms with Gasteiger partial charge >= 0.3 is 0 Å². The fourth-order valence-electron chi connectivity index (χ4n) is 5.28. The smallest absolute Gasteiger partial charge is 0.101 e. The van der Waals surface area contributed by atoms with Crippen LogP contribution in [0.3, 0.4) is 0 Å². The Hall–Kier alpha value is -0.660. The highest BCUT2D eigenvalue weighted by Gasteiger charge is 2.24. The van der Waals surface area contributed by atoms with Crippen molar-refractivity contribution >= 4 is 0 Å². The molecule has 1 rings (SSSR count). The lowest BCUT2D eigenvalue weighted by atomic mass is 10.0. The molecule has 2 heteroatoms. The molecule has 0 saturated heterocycles. The van der Waals surface area contributed by atoms with Crippen LogP contribution in [0.2, 0.25) is 0 Å². The highest BCUT2D eigenvalue weighted by Crippen LogP contribution is 2.23. The highest BCUT2D eigenvalue weighted by molar-refractivity contribution is 4.96. The lowest BCUT2D eigenvalue weighted by molar-refractivity contribution is 0.136. The van der Waals surface area contributed by atoms with Crippen molar-refractivity contribution in [3.8, 4) is 0 Å². The van der Waals surface area contributed by atoms with Crippen LogP contribution in [0.15, 0.2) is 12.4 Å². The molecule has 0 aliphatic carbocycles. The maximum Gasteiger partial charge on any atom is 0.101 e. The van der Waals surface area contributed by atoms with Crippen LogP contribution in [0.25, 0.3) is 0 Å². The Labute approximate surface area is 210 Å². The number of hydrogen-bond acceptors (Lipinski definition) is 2. The highest BCUT2D eigenvalue weighted by atomic mass is 15.4. The molecule has 0 aromatic rings. The average molecular weight is 463 g/mol. The van der Waals surface area contributed by atoms with Gasteiger partial charge in [-0.25, -0.2) is 0 Å². The lowest BCUT2D eigenvalue weighted by Crippen LogP contribution is -2.39. The van der Waals surface area contributed by atoms with E-state index in [1.807, 2.05) is 0 Å². The second-order valence-electron chi connectivity index (χ2n) is 10.8. The summed E-state index contributed by atoms with van der Waals surface area (Å²) in [7, 11) is 0. The van der Waals surface area contributed by atoms with Crippen LogP contribution in [0.1, 0.15) is 168 Å². The Morgan fingerprint density at radius 2 is 0.727 bits per heavy atom. The van der Waals surface area contributed by atoms with Crippen molar-refractivity contribution in [3.05, 3.63) is 12.4 Å². The molecule has 2 nitrogen and oxygen atoms in total. The van der Waals surface area contributed by atoms with Gasteiger partial charge in [0.05, 0.1) is 0 Å². The van der Waals surface area contributed by atoms with Gasteiger partial charge in [-0.05, 0) is 25.7 Å². The van der Waals surface area contributed by atoms with Crippen LogP contribution in [-0.2, 0) is 0 Å². The predicted octanol–water partition coefficient (Wildman–Crippen LogP) is 10.4. The molecule has 196 valence electrons. The predicted molar refractivity (Wildman–Crippen MR) is 150 cm³/mol. The zero-order chi connectivity index (χ0) is 23.8. The third kappa shape index (κ3) is 16.6. The minimum Gasteiger partial charge on any atom is -0.356 e. The molecule has 1 atom stereocenters. The molecule has 0 aromatic carbocycles. The van der Waals surface area contributed by atoms with Gasteiger partial charge in [0, 0.05) is 25.5 Å². The van der Waals surface area contributed by atoms with E-state index < -0.39 is 0 Å². The van der Waals surface area contributed by atoms with Crippen molar-refractivity contribution < 1.29 is 0 Å². The second-order valence-corrected chi connectivity index (χ2v) is 10.8. The molecule has 1 aliphatic rings. The van der Waals surface area contributed by atoms with Gasteiger partial charge in [-0.2, -0.15) is 0 Å². The molecule has 0 aromatic heterocycles. The first kappa shape index (κ1) is 30.4. The number of nitrogens with zero attached hydrogens (tertiary/aromatic N) is 2. The zero-order valence-corrected chi connectivity index (χ0v) is 23.3. The summed E-state index contributed by atoms with van der Waals surface area (Å²) in [6.07, 6.45) is 38.1. The summed E-state index contributed by atoms with van der Waals surface area (Å²) in [5.41, 5.74) is 0. The molecule has 1 unspecified atom stereocenters. The van der Waals surface area contributed by atoms with Gasteiger partial charge in [0.2, 0.25) is 0 Å². The Morgan fingerprint density at radius 3 is 1.15 bits per heavy atom. The maximum atomic E-state index is 2.66. The number of hydrogen-bond donors (Lipinski definition) is 0. The number of unbranched alkanes of at least 4 members (excludes halogenated alkanes) is 19. The Morgan fingerprint density at radius 1 is 0.394 bits per heavy atom. The summed E-state index contributed by atoms with van der Waals surface area (Å²) in [5.74, 6) is 0. The molecular weight excluding hydrogens is 400 g/mol. The van der Waals surface area contributed by atoms with E-state index in [1.54, 1.807) is 0 Å². The molecule has 1 heterocycles. The first-order valence-corrected chi connectivity index (χ1v) is 15.5. The normalized spacial score (nSPS) is 15.8. The maximum absolute atomic E-state index is 2.66. The van der Waals surface area contributed by atoms with Crippen LogP contribution in [0.5, 0.6) is 0 Å². The third-order valence-corrected chi connectivity index (χ3v) is 7.57. The first-order chi connectivity index (χ1) is 16.3. The molecule has 0 saturated carbocycles. The van der Waals surface area contributed by atoms with E-state index >= 15 is 0 Å². The van der Waals surface area contributed by atoms with E-state index in [4.69, 9.17) is 0 Å². The van der Waals surface area contributed by atoms with Gasteiger partial charge in [-0.15, -0.1) is 0 Å². The van der Waals surface area contributed by atoms with Gasteiger partial charge < -0.3 is 9.80 Å². The van der Waals surface area contributed by atoms with Gasteiger partial charge in [-0.3, -0.25) is 0 Å². The fraction of sp³-hybridized carbons (Fsp3) is 0.935. The molecule has 33 heavy (non-hydrogen) atoms. The quantitative estimate of drug-likeness (QED) is 0.124. The fourth-order valence-corrected chi connectivity index (χ4v) is 5.28. The SMILES string of the molecule is CCCCCCCCCCCCCCCCC1N(CCCC)C=CN1CCCCCCCC. The Balaban J connectivity index is 2.07. The monoisotopic (exact) mass is 462 g/mol. The minimum atomic E-state index is 0.643. The largest absolute Gasteiger partial charge is 0.356 e. The summed E-state index contributed by atoms with van der Waals surface area (Å²) in [6, 6.07) is 0. The van der Waals surface area contributed by atoms with E-state index in [9.17, 15) is 0 Å². The third-order valence-electron chi connectivity index (χ3n) is 7.57. The zero-order valence-electron chi connectivity index (χ0n) is 23.3. The summed E-state index contributed by atoms with van der Waals surface area (Å²) < 4.78 is 0. The van der Waals surface area contributed by atoms with Crippen molar-refractivity contribution in [1.82, 2.24) is 9.80 Å². The van der Waals surface area contributed by atoms with E-state index in [-0.39, 0.29) is 0 Å². The molecule has 0 spiro atoms. The van der Waals surface area contributed by atoms with Crippen LogP contribution < -0.4 is 0 Å². The Kier molecular flexibility index (Phi) is 21.3. The van der Waals surface area contributed by atoms with Crippen LogP contribution >= 0.6 is 0 Å². The number of rotatable bonds is 25. The van der Waals surface area contributed by atoms with Crippen molar-refractivity contribution in [3.63, 3.8) is 0 Å². The van der Waals surface area contributed by atoms with Gasteiger partial charge in [0.1, 0.15) is 6.17 Å². The first-order valence-electron chi connectivity index (χ1n) is 15.5. The molecule has 0 fully saturated rings. The van der Waals surface area contributed by atoms with Gasteiger partial charge in [0.15, 0.2) is 0 Å².